The van der Waals surface area contributed by atoms with Gasteiger partial charge in [0, 0.05) is 13.0 Å². The zero-order valence-corrected chi connectivity index (χ0v) is 13.7. The summed E-state index contributed by atoms with van der Waals surface area (Å²) in [6.45, 7) is 6.32. The van der Waals surface area contributed by atoms with E-state index in [1.165, 1.54) is 24.0 Å². The predicted molar refractivity (Wildman–Crippen MR) is 87.0 cm³/mol. The van der Waals surface area contributed by atoms with E-state index in [0.29, 0.717) is 6.04 Å². The number of fused-ring (bicyclic) bond motifs is 1. The molecule has 1 aromatic carbocycles. The molecule has 0 bridgehead atoms. The van der Waals surface area contributed by atoms with Crippen molar-refractivity contribution >= 4 is 0 Å². The number of hydrogen-bond acceptors (Lipinski definition) is 3. The zero-order valence-electron chi connectivity index (χ0n) is 13.7. The summed E-state index contributed by atoms with van der Waals surface area (Å²) in [7, 11) is 1.73. The van der Waals surface area contributed by atoms with Gasteiger partial charge in [0.25, 0.3) is 0 Å². The van der Waals surface area contributed by atoms with Gasteiger partial charge in [0.1, 0.15) is 5.75 Å². The number of ether oxygens (including phenoxy) is 2. The van der Waals surface area contributed by atoms with Crippen molar-refractivity contribution in [1.29, 1.82) is 0 Å². The summed E-state index contributed by atoms with van der Waals surface area (Å²) in [6, 6.07) is 6.70. The quantitative estimate of drug-likeness (QED) is 0.701. The van der Waals surface area contributed by atoms with Crippen molar-refractivity contribution < 1.29 is 9.47 Å². The molecule has 3 nitrogen and oxygen atoms in total. The molecule has 0 saturated heterocycles. The second-order valence-corrected chi connectivity index (χ2v) is 5.82. The number of benzene rings is 1. The van der Waals surface area contributed by atoms with Crippen LogP contribution < -0.4 is 10.1 Å². The third-order valence-corrected chi connectivity index (χ3v) is 4.18. The molecule has 0 aromatic heterocycles. The van der Waals surface area contributed by atoms with E-state index in [2.05, 4.69) is 37.4 Å². The van der Waals surface area contributed by atoms with Gasteiger partial charge in [0.2, 0.25) is 0 Å². The lowest BCUT2D eigenvalue weighted by molar-refractivity contribution is 0.0326. The maximum atomic E-state index is 6.17. The van der Waals surface area contributed by atoms with Gasteiger partial charge in [0.15, 0.2) is 0 Å². The molecule has 2 atom stereocenters. The summed E-state index contributed by atoms with van der Waals surface area (Å²) >= 11 is 0. The summed E-state index contributed by atoms with van der Waals surface area (Å²) in [4.78, 5) is 0. The molecule has 1 aliphatic rings. The van der Waals surface area contributed by atoms with E-state index in [1.54, 1.807) is 7.11 Å². The Bertz CT molecular complexity index is 433. The van der Waals surface area contributed by atoms with E-state index in [9.17, 15) is 0 Å². The molecule has 3 heteroatoms. The number of unbranched alkanes of at least 4 members (excludes halogenated alkanes) is 2. The lowest BCUT2D eigenvalue weighted by Crippen LogP contribution is -2.31. The zero-order chi connectivity index (χ0) is 15.1. The Hall–Kier alpha value is -1.06. The van der Waals surface area contributed by atoms with Gasteiger partial charge in [0.05, 0.1) is 19.3 Å². The number of hydrogen-bond donors (Lipinski definition) is 1. The summed E-state index contributed by atoms with van der Waals surface area (Å²) in [6.07, 6.45) is 6.05. The Balaban J connectivity index is 2.04. The molecule has 1 aliphatic carbocycles. The summed E-state index contributed by atoms with van der Waals surface area (Å²) in [5.74, 6) is 0.934. The molecule has 0 radical (unpaired) electrons. The van der Waals surface area contributed by atoms with Crippen LogP contribution in [0.3, 0.4) is 0 Å². The van der Waals surface area contributed by atoms with Crippen molar-refractivity contribution in [2.75, 3.05) is 20.3 Å². The predicted octanol–water partition coefficient (Wildman–Crippen LogP) is 3.87. The van der Waals surface area contributed by atoms with Crippen LogP contribution in [0.5, 0.6) is 5.75 Å². The van der Waals surface area contributed by atoms with E-state index in [1.807, 2.05) is 0 Å². The van der Waals surface area contributed by atoms with Crippen LogP contribution >= 0.6 is 0 Å². The van der Waals surface area contributed by atoms with Crippen LogP contribution in [0.2, 0.25) is 0 Å². The Morgan fingerprint density at radius 3 is 2.76 bits per heavy atom. The van der Waals surface area contributed by atoms with Gasteiger partial charge in [-0.1, -0.05) is 32.8 Å². The van der Waals surface area contributed by atoms with E-state index >= 15 is 0 Å². The Morgan fingerprint density at radius 1 is 1.19 bits per heavy atom. The second-order valence-electron chi connectivity index (χ2n) is 5.82. The highest BCUT2D eigenvalue weighted by molar-refractivity contribution is 5.42. The third kappa shape index (κ3) is 4.21. The monoisotopic (exact) mass is 291 g/mol. The van der Waals surface area contributed by atoms with Gasteiger partial charge >= 0.3 is 0 Å². The lowest BCUT2D eigenvalue weighted by Gasteiger charge is -2.22. The summed E-state index contributed by atoms with van der Waals surface area (Å²) in [5, 5.41) is 3.65. The largest absolute Gasteiger partial charge is 0.497 e. The fourth-order valence-electron chi connectivity index (χ4n) is 2.99. The van der Waals surface area contributed by atoms with Crippen molar-refractivity contribution in [2.24, 2.45) is 0 Å². The van der Waals surface area contributed by atoms with E-state index in [0.717, 1.165) is 38.2 Å². The van der Waals surface area contributed by atoms with Crippen LogP contribution in [0.25, 0.3) is 0 Å². The smallest absolute Gasteiger partial charge is 0.119 e. The Kier molecular flexibility index (Phi) is 6.52. The van der Waals surface area contributed by atoms with Crippen LogP contribution in [0, 0.1) is 0 Å². The topological polar surface area (TPSA) is 30.5 Å². The van der Waals surface area contributed by atoms with Gasteiger partial charge in [-0.3, -0.25) is 0 Å². The molecule has 0 aliphatic heterocycles. The molecule has 0 heterocycles. The van der Waals surface area contributed by atoms with Crippen molar-refractivity contribution in [3.05, 3.63) is 29.3 Å². The molecule has 21 heavy (non-hydrogen) atoms. The van der Waals surface area contributed by atoms with Gasteiger partial charge in [-0.25, -0.2) is 0 Å². The number of methoxy groups -OCH3 is 1. The van der Waals surface area contributed by atoms with Crippen LogP contribution in [-0.2, 0) is 11.2 Å². The van der Waals surface area contributed by atoms with Crippen molar-refractivity contribution in [3.8, 4) is 5.75 Å². The van der Waals surface area contributed by atoms with Crippen LogP contribution in [0.1, 0.15) is 56.7 Å². The molecule has 0 amide bonds. The highest BCUT2D eigenvalue weighted by Gasteiger charge is 2.32. The van der Waals surface area contributed by atoms with Gasteiger partial charge in [-0.05, 0) is 42.6 Å². The summed E-state index contributed by atoms with van der Waals surface area (Å²) in [5.41, 5.74) is 2.74. The highest BCUT2D eigenvalue weighted by atomic mass is 16.5. The van der Waals surface area contributed by atoms with Crippen molar-refractivity contribution in [3.63, 3.8) is 0 Å². The fourth-order valence-corrected chi connectivity index (χ4v) is 2.99. The van der Waals surface area contributed by atoms with Gasteiger partial charge in [-0.2, -0.15) is 0 Å². The number of nitrogens with one attached hydrogen (secondary N) is 1. The molecule has 1 N–H and O–H groups in total. The molecule has 118 valence electrons. The minimum atomic E-state index is 0.260. The average Bonchev–Trinajstić information content (AvgIpc) is 2.86. The molecular formula is C18H29NO2. The summed E-state index contributed by atoms with van der Waals surface area (Å²) < 4.78 is 11.5. The van der Waals surface area contributed by atoms with E-state index in [4.69, 9.17) is 9.47 Å². The van der Waals surface area contributed by atoms with Crippen LogP contribution in [0.4, 0.5) is 0 Å². The average molecular weight is 291 g/mol. The van der Waals surface area contributed by atoms with E-state index in [-0.39, 0.29) is 6.10 Å². The van der Waals surface area contributed by atoms with Crippen LogP contribution in [-0.4, -0.2) is 26.4 Å². The molecule has 0 saturated carbocycles. The second kappa shape index (κ2) is 8.40. The lowest BCUT2D eigenvalue weighted by atomic mass is 10.1. The fraction of sp³-hybridized carbons (Fsp3) is 0.667. The normalized spacial score (nSPS) is 20.5. The minimum Gasteiger partial charge on any atom is -0.497 e. The first-order valence-corrected chi connectivity index (χ1v) is 8.32. The van der Waals surface area contributed by atoms with Crippen molar-refractivity contribution in [2.45, 2.75) is 58.1 Å². The molecule has 0 fully saturated rings. The minimum absolute atomic E-state index is 0.260. The molecule has 2 unspecified atom stereocenters. The first kappa shape index (κ1) is 16.3. The molecule has 1 aromatic rings. The molecule has 2 rings (SSSR count). The third-order valence-electron chi connectivity index (χ3n) is 4.18. The first-order valence-electron chi connectivity index (χ1n) is 8.32. The standard InChI is InChI=1S/C18H29NO2/c1-4-6-7-11-21-17-12-14-8-9-15(20-3)13-16(14)18(17)19-10-5-2/h8-9,13,17-19H,4-7,10-12H2,1-3H3. The van der Waals surface area contributed by atoms with Gasteiger partial charge in [-0.15, -0.1) is 0 Å². The Morgan fingerprint density at radius 2 is 2.05 bits per heavy atom. The Labute approximate surface area is 129 Å². The molecular weight excluding hydrogens is 262 g/mol. The van der Waals surface area contributed by atoms with Gasteiger partial charge < -0.3 is 14.8 Å². The highest BCUT2D eigenvalue weighted by Crippen LogP contribution is 2.35. The SMILES string of the molecule is CCCCCOC1Cc2ccc(OC)cc2C1NCCC. The molecule has 0 spiro atoms. The first-order chi connectivity index (χ1) is 10.3. The maximum absolute atomic E-state index is 6.17. The van der Waals surface area contributed by atoms with Crippen molar-refractivity contribution in [1.82, 2.24) is 5.32 Å². The maximum Gasteiger partial charge on any atom is 0.119 e. The van der Waals surface area contributed by atoms with E-state index < -0.39 is 0 Å². The van der Waals surface area contributed by atoms with Crippen LogP contribution in [0.15, 0.2) is 18.2 Å². The number of rotatable bonds is 9.